The van der Waals surface area contributed by atoms with Gasteiger partial charge in [0.15, 0.2) is 6.33 Å². The molecule has 0 aliphatic heterocycles. The average molecular weight is 219 g/mol. The van der Waals surface area contributed by atoms with Crippen molar-refractivity contribution in [2.75, 3.05) is 11.9 Å². The fourth-order valence-electron chi connectivity index (χ4n) is 1.09. The second kappa shape index (κ2) is 8.40. The number of para-hydroxylation sites is 1. The summed E-state index contributed by atoms with van der Waals surface area (Å²) in [7, 11) is 0. The van der Waals surface area contributed by atoms with Crippen LogP contribution in [0.3, 0.4) is 0 Å². The number of aromatic amines is 1. The van der Waals surface area contributed by atoms with Crippen LogP contribution in [0.2, 0.25) is 0 Å². The maximum absolute atomic E-state index is 3.38. The van der Waals surface area contributed by atoms with Gasteiger partial charge < -0.3 is 5.32 Å². The number of hydrogen-bond donors (Lipinski definition) is 2. The highest BCUT2D eigenvalue weighted by Gasteiger charge is 1.86. The average Bonchev–Trinajstić information content (AvgIpc) is 2.90. The standard InChI is InChI=1S/C10H15N.CH2N4/c1-2-3-9-11-10-7-5-4-6-8-10;1-2-4-5-3-1/h4-8,11H,2-3,9H2,1H3;1H,(H,2,3,4,5). The Labute approximate surface area is 95.3 Å². The number of tetrazole rings is 1. The zero-order valence-electron chi connectivity index (χ0n) is 9.43. The van der Waals surface area contributed by atoms with Gasteiger partial charge in [-0.2, -0.15) is 5.21 Å². The van der Waals surface area contributed by atoms with Crippen molar-refractivity contribution in [2.24, 2.45) is 0 Å². The molecule has 1 aromatic heterocycles. The van der Waals surface area contributed by atoms with Gasteiger partial charge in [0.25, 0.3) is 0 Å². The number of rotatable bonds is 4. The third-order valence-corrected chi connectivity index (χ3v) is 1.90. The van der Waals surface area contributed by atoms with Crippen LogP contribution >= 0.6 is 0 Å². The summed E-state index contributed by atoms with van der Waals surface area (Å²) in [6.45, 7) is 3.28. The number of H-pyrrole nitrogens is 1. The maximum Gasteiger partial charge on any atom is 0.161 e. The first-order chi connectivity index (χ1) is 7.93. The van der Waals surface area contributed by atoms with Crippen molar-refractivity contribution in [2.45, 2.75) is 19.8 Å². The van der Waals surface area contributed by atoms with Gasteiger partial charge in [-0.15, -0.1) is 10.2 Å². The van der Waals surface area contributed by atoms with E-state index >= 15 is 0 Å². The molecule has 86 valence electrons. The van der Waals surface area contributed by atoms with E-state index < -0.39 is 0 Å². The molecule has 0 fully saturated rings. The number of nitrogens with zero attached hydrogens (tertiary/aromatic N) is 3. The molecule has 5 heteroatoms. The van der Waals surface area contributed by atoms with Gasteiger partial charge in [-0.05, 0) is 18.6 Å². The minimum absolute atomic E-state index is 1.08. The van der Waals surface area contributed by atoms with Crippen molar-refractivity contribution in [1.29, 1.82) is 0 Å². The van der Waals surface area contributed by atoms with E-state index in [-0.39, 0.29) is 0 Å². The van der Waals surface area contributed by atoms with E-state index in [0.29, 0.717) is 0 Å². The molecule has 2 rings (SSSR count). The molecule has 2 aromatic rings. The molecule has 0 atom stereocenters. The van der Waals surface area contributed by atoms with Gasteiger partial charge in [0, 0.05) is 12.2 Å². The van der Waals surface area contributed by atoms with Crippen LogP contribution in [-0.4, -0.2) is 27.2 Å². The van der Waals surface area contributed by atoms with E-state index in [1.165, 1.54) is 24.9 Å². The van der Waals surface area contributed by atoms with Crippen LogP contribution in [0, 0.1) is 0 Å². The van der Waals surface area contributed by atoms with Crippen LogP contribution < -0.4 is 5.32 Å². The van der Waals surface area contributed by atoms with Crippen molar-refractivity contribution in [3.63, 3.8) is 0 Å². The summed E-state index contributed by atoms with van der Waals surface area (Å²) in [5, 5.41) is 15.5. The molecule has 16 heavy (non-hydrogen) atoms. The predicted octanol–water partition coefficient (Wildman–Crippen LogP) is 2.10. The third kappa shape index (κ3) is 5.74. The lowest BCUT2D eigenvalue weighted by atomic mass is 10.3. The first-order valence-corrected chi connectivity index (χ1v) is 5.38. The zero-order valence-corrected chi connectivity index (χ0v) is 9.43. The Bertz CT molecular complexity index is 315. The molecule has 0 saturated carbocycles. The monoisotopic (exact) mass is 219 g/mol. The highest BCUT2D eigenvalue weighted by molar-refractivity contribution is 5.42. The Hall–Kier alpha value is -1.91. The van der Waals surface area contributed by atoms with Crippen molar-refractivity contribution in [3.8, 4) is 0 Å². The molecule has 0 saturated heterocycles. The van der Waals surface area contributed by atoms with E-state index in [2.05, 4.69) is 45.0 Å². The number of unbranched alkanes of at least 4 members (excludes halogenated alkanes) is 1. The molecule has 0 bridgehead atoms. The molecule has 2 N–H and O–H groups in total. The lowest BCUT2D eigenvalue weighted by Gasteiger charge is -2.03. The number of nitrogens with one attached hydrogen (secondary N) is 2. The molecule has 1 aromatic carbocycles. The van der Waals surface area contributed by atoms with E-state index in [1.807, 2.05) is 18.2 Å². The van der Waals surface area contributed by atoms with Crippen molar-refractivity contribution in [1.82, 2.24) is 20.6 Å². The van der Waals surface area contributed by atoms with E-state index in [9.17, 15) is 0 Å². The number of anilines is 1. The van der Waals surface area contributed by atoms with Crippen LogP contribution in [0.4, 0.5) is 5.69 Å². The Morgan fingerprint density at radius 1 is 1.25 bits per heavy atom. The molecule has 0 unspecified atom stereocenters. The molecule has 0 spiro atoms. The first kappa shape index (κ1) is 12.2. The normalized spacial score (nSPS) is 9.06. The minimum atomic E-state index is 1.08. The Morgan fingerprint density at radius 3 is 2.56 bits per heavy atom. The van der Waals surface area contributed by atoms with Crippen LogP contribution in [0.1, 0.15) is 19.8 Å². The van der Waals surface area contributed by atoms with E-state index in [1.54, 1.807) is 0 Å². The molecule has 0 amide bonds. The summed E-state index contributed by atoms with van der Waals surface area (Å²) in [6, 6.07) is 10.3. The summed E-state index contributed by atoms with van der Waals surface area (Å²) < 4.78 is 0. The number of aromatic nitrogens is 4. The van der Waals surface area contributed by atoms with Crippen molar-refractivity contribution in [3.05, 3.63) is 36.7 Å². The van der Waals surface area contributed by atoms with Crippen molar-refractivity contribution >= 4 is 5.69 Å². The Balaban J connectivity index is 0.000000212. The van der Waals surface area contributed by atoms with E-state index in [4.69, 9.17) is 0 Å². The van der Waals surface area contributed by atoms with Crippen LogP contribution in [0.5, 0.6) is 0 Å². The van der Waals surface area contributed by atoms with Gasteiger partial charge in [-0.25, -0.2) is 0 Å². The quantitative estimate of drug-likeness (QED) is 0.773. The third-order valence-electron chi connectivity index (χ3n) is 1.90. The summed E-state index contributed by atoms with van der Waals surface area (Å²) in [5.41, 5.74) is 1.22. The van der Waals surface area contributed by atoms with Gasteiger partial charge in [0.2, 0.25) is 0 Å². The molecule has 0 aliphatic rings. The molecule has 5 nitrogen and oxygen atoms in total. The summed E-state index contributed by atoms with van der Waals surface area (Å²) >= 11 is 0. The van der Waals surface area contributed by atoms with Gasteiger partial charge in [0.05, 0.1) is 0 Å². The zero-order chi connectivity index (χ0) is 11.5. The fraction of sp³-hybridized carbons (Fsp3) is 0.364. The maximum atomic E-state index is 3.38. The van der Waals surface area contributed by atoms with Gasteiger partial charge in [0.1, 0.15) is 0 Å². The smallest absolute Gasteiger partial charge is 0.161 e. The predicted molar refractivity (Wildman–Crippen MR) is 64.0 cm³/mol. The largest absolute Gasteiger partial charge is 0.385 e. The molecule has 0 aliphatic carbocycles. The van der Waals surface area contributed by atoms with E-state index in [0.717, 1.165) is 6.54 Å². The number of hydrogen-bond acceptors (Lipinski definition) is 4. The van der Waals surface area contributed by atoms with Gasteiger partial charge >= 0.3 is 0 Å². The second-order valence-electron chi connectivity index (χ2n) is 3.21. The summed E-state index contributed by atoms with van der Waals surface area (Å²) in [5.74, 6) is 0. The molecule has 1 heterocycles. The van der Waals surface area contributed by atoms with Crippen LogP contribution in [0.15, 0.2) is 36.7 Å². The topological polar surface area (TPSA) is 66.5 Å². The first-order valence-electron chi connectivity index (χ1n) is 5.38. The molecular weight excluding hydrogens is 202 g/mol. The Morgan fingerprint density at radius 2 is 2.06 bits per heavy atom. The second-order valence-corrected chi connectivity index (χ2v) is 3.21. The fourth-order valence-corrected chi connectivity index (χ4v) is 1.09. The lowest BCUT2D eigenvalue weighted by Crippen LogP contribution is -1.99. The minimum Gasteiger partial charge on any atom is -0.385 e. The highest BCUT2D eigenvalue weighted by atomic mass is 15.5. The Kier molecular flexibility index (Phi) is 6.39. The van der Waals surface area contributed by atoms with Crippen LogP contribution in [0.25, 0.3) is 0 Å². The van der Waals surface area contributed by atoms with Gasteiger partial charge in [-0.1, -0.05) is 36.8 Å². The summed E-state index contributed by atoms with van der Waals surface area (Å²) in [4.78, 5) is 0. The van der Waals surface area contributed by atoms with Gasteiger partial charge in [-0.3, -0.25) is 0 Å². The SMILES string of the molecule is CCCCNc1ccccc1.c1nn[nH]n1. The molecular formula is C11H17N5. The summed E-state index contributed by atoms with van der Waals surface area (Å²) in [6.07, 6.45) is 3.83. The molecule has 0 radical (unpaired) electrons. The van der Waals surface area contributed by atoms with Crippen molar-refractivity contribution < 1.29 is 0 Å². The van der Waals surface area contributed by atoms with Crippen LogP contribution in [-0.2, 0) is 0 Å². The lowest BCUT2D eigenvalue weighted by molar-refractivity contribution is 0.834. The number of benzene rings is 1. The highest BCUT2D eigenvalue weighted by Crippen LogP contribution is 2.04.